The van der Waals surface area contributed by atoms with Crippen molar-refractivity contribution in [2.75, 3.05) is 0 Å². The number of aryl methyl sites for hydroxylation is 1. The highest BCUT2D eigenvalue weighted by Gasteiger charge is 1.96. The zero-order valence-corrected chi connectivity index (χ0v) is 7.77. The van der Waals surface area contributed by atoms with Gasteiger partial charge in [0.25, 0.3) is 0 Å². The molecule has 1 aromatic heterocycles. The lowest BCUT2D eigenvalue weighted by Gasteiger charge is -1.98. The third-order valence-electron chi connectivity index (χ3n) is 1.79. The van der Waals surface area contributed by atoms with E-state index in [-0.39, 0.29) is 0 Å². The minimum absolute atomic E-state index is 0.441. The Morgan fingerprint density at radius 2 is 2.15 bits per heavy atom. The summed E-state index contributed by atoms with van der Waals surface area (Å²) in [6, 6.07) is 1.80. The first kappa shape index (κ1) is 9.71. The van der Waals surface area contributed by atoms with Crippen LogP contribution in [0.2, 0.25) is 0 Å². The second-order valence-electron chi connectivity index (χ2n) is 2.80. The van der Waals surface area contributed by atoms with E-state index in [0.29, 0.717) is 12.2 Å². The Kier molecular flexibility index (Phi) is 3.96. The van der Waals surface area contributed by atoms with E-state index in [4.69, 9.17) is 5.11 Å². The fourth-order valence-corrected chi connectivity index (χ4v) is 1.03. The van der Waals surface area contributed by atoms with E-state index in [1.807, 2.05) is 6.92 Å². The number of hydrogen-bond donors (Lipinski definition) is 1. The lowest BCUT2D eigenvalue weighted by molar-refractivity contribution is 0.382. The van der Waals surface area contributed by atoms with E-state index in [1.165, 1.54) is 0 Å². The van der Waals surface area contributed by atoms with Crippen LogP contribution < -0.4 is 0 Å². The van der Waals surface area contributed by atoms with Crippen molar-refractivity contribution >= 4 is 0 Å². The van der Waals surface area contributed by atoms with Crippen molar-refractivity contribution in [2.24, 2.45) is 0 Å². The Morgan fingerprint density at radius 3 is 2.77 bits per heavy atom. The molecule has 1 aromatic rings. The molecule has 0 fully saturated rings. The van der Waals surface area contributed by atoms with Gasteiger partial charge >= 0.3 is 0 Å². The normalized spacial score (nSPS) is 11.6. The molecule has 1 N–H and O–H groups in total. The van der Waals surface area contributed by atoms with Crippen LogP contribution >= 0.6 is 0 Å². The molecule has 0 saturated heterocycles. The first-order chi connectivity index (χ1) is 6.33. The molecule has 0 aliphatic rings. The maximum Gasteiger partial charge on any atom is 0.128 e. The molecule has 0 spiro atoms. The summed E-state index contributed by atoms with van der Waals surface area (Å²) >= 11 is 0. The Bertz CT molecular complexity index is 270. The summed E-state index contributed by atoms with van der Waals surface area (Å²) in [6.07, 6.45) is 7.59. The summed E-state index contributed by atoms with van der Waals surface area (Å²) < 4.78 is 0. The summed E-state index contributed by atoms with van der Waals surface area (Å²) in [5.41, 5.74) is 0. The van der Waals surface area contributed by atoms with E-state index in [9.17, 15) is 0 Å². The zero-order chi connectivity index (χ0) is 9.52. The topological polar surface area (TPSA) is 46.0 Å². The van der Waals surface area contributed by atoms with Crippen LogP contribution in [0.25, 0.3) is 0 Å². The molecular weight excluding hydrogens is 164 g/mol. The van der Waals surface area contributed by atoms with Gasteiger partial charge < -0.3 is 5.11 Å². The number of rotatable bonds is 4. The number of aliphatic hydroxyl groups is 1. The minimum atomic E-state index is 0.441. The molecule has 1 rings (SSSR count). The molecule has 3 heteroatoms. The highest BCUT2D eigenvalue weighted by Crippen LogP contribution is 2.04. The number of nitrogens with zero attached hydrogens (tertiary/aromatic N) is 2. The average molecular weight is 178 g/mol. The van der Waals surface area contributed by atoms with Crippen molar-refractivity contribution < 1.29 is 5.11 Å². The van der Waals surface area contributed by atoms with Gasteiger partial charge in [0.2, 0.25) is 0 Å². The fraction of sp³-hybridized carbons (Fsp3) is 0.400. The summed E-state index contributed by atoms with van der Waals surface area (Å²) in [4.78, 5) is 8.18. The Morgan fingerprint density at radius 1 is 1.46 bits per heavy atom. The van der Waals surface area contributed by atoms with Gasteiger partial charge in [0.1, 0.15) is 5.82 Å². The van der Waals surface area contributed by atoms with Gasteiger partial charge in [0.15, 0.2) is 0 Å². The van der Waals surface area contributed by atoms with E-state index in [0.717, 1.165) is 18.7 Å². The SMILES string of the molecule is C/C=C(/O)CCCc1ncccn1. The zero-order valence-electron chi connectivity index (χ0n) is 7.77. The van der Waals surface area contributed by atoms with Crippen LogP contribution in [0, 0.1) is 0 Å². The average Bonchev–Trinajstić information content (AvgIpc) is 2.19. The van der Waals surface area contributed by atoms with Crippen molar-refractivity contribution in [1.29, 1.82) is 0 Å². The van der Waals surface area contributed by atoms with Crippen molar-refractivity contribution in [1.82, 2.24) is 9.97 Å². The standard InChI is InChI=1S/C10H14N2O/c1-2-9(13)5-3-6-10-11-7-4-8-12-10/h2,4,7-8,13H,3,5-6H2,1H3/b9-2+. The molecule has 0 atom stereocenters. The molecule has 1 heterocycles. The quantitative estimate of drug-likeness (QED) is 0.719. The molecule has 13 heavy (non-hydrogen) atoms. The third kappa shape index (κ3) is 3.69. The molecule has 3 nitrogen and oxygen atoms in total. The molecule has 0 bridgehead atoms. The van der Waals surface area contributed by atoms with Crippen LogP contribution in [-0.2, 0) is 6.42 Å². The second-order valence-corrected chi connectivity index (χ2v) is 2.80. The van der Waals surface area contributed by atoms with Crippen LogP contribution in [0.4, 0.5) is 0 Å². The van der Waals surface area contributed by atoms with Crippen molar-refractivity contribution in [3.05, 3.63) is 36.1 Å². The smallest absolute Gasteiger partial charge is 0.128 e. The Balaban J connectivity index is 2.28. The van der Waals surface area contributed by atoms with E-state index >= 15 is 0 Å². The number of hydrogen-bond acceptors (Lipinski definition) is 3. The third-order valence-corrected chi connectivity index (χ3v) is 1.79. The maximum atomic E-state index is 9.16. The summed E-state index contributed by atoms with van der Waals surface area (Å²) in [5, 5.41) is 9.16. The molecule has 0 unspecified atom stereocenters. The largest absolute Gasteiger partial charge is 0.513 e. The van der Waals surface area contributed by atoms with E-state index in [1.54, 1.807) is 24.5 Å². The van der Waals surface area contributed by atoms with E-state index < -0.39 is 0 Å². The predicted molar refractivity (Wildman–Crippen MR) is 51.4 cm³/mol. The molecule has 0 radical (unpaired) electrons. The van der Waals surface area contributed by atoms with Crippen LogP contribution in [0.3, 0.4) is 0 Å². The maximum absolute atomic E-state index is 9.16. The Hall–Kier alpha value is -1.38. The lowest BCUT2D eigenvalue weighted by Crippen LogP contribution is -1.93. The highest BCUT2D eigenvalue weighted by atomic mass is 16.3. The number of allylic oxidation sites excluding steroid dienone is 2. The molecular formula is C10H14N2O. The number of aliphatic hydroxyl groups excluding tert-OH is 1. The number of aromatic nitrogens is 2. The minimum Gasteiger partial charge on any atom is -0.513 e. The van der Waals surface area contributed by atoms with Crippen molar-refractivity contribution in [2.45, 2.75) is 26.2 Å². The molecule has 70 valence electrons. The molecule has 0 aliphatic carbocycles. The highest BCUT2D eigenvalue weighted by molar-refractivity contribution is 4.91. The van der Waals surface area contributed by atoms with Crippen LogP contribution in [0.1, 0.15) is 25.6 Å². The van der Waals surface area contributed by atoms with Gasteiger partial charge in [-0.25, -0.2) is 9.97 Å². The van der Waals surface area contributed by atoms with Gasteiger partial charge in [-0.15, -0.1) is 0 Å². The summed E-state index contributed by atoms with van der Waals surface area (Å²) in [6.45, 7) is 1.83. The monoisotopic (exact) mass is 178 g/mol. The van der Waals surface area contributed by atoms with Crippen LogP contribution in [0.5, 0.6) is 0 Å². The van der Waals surface area contributed by atoms with Gasteiger partial charge in [-0.3, -0.25) is 0 Å². The predicted octanol–water partition coefficient (Wildman–Crippen LogP) is 2.26. The van der Waals surface area contributed by atoms with Crippen LogP contribution in [0.15, 0.2) is 30.3 Å². The second kappa shape index (κ2) is 5.30. The van der Waals surface area contributed by atoms with Gasteiger partial charge in [0.05, 0.1) is 5.76 Å². The van der Waals surface area contributed by atoms with Gasteiger partial charge in [-0.05, 0) is 25.5 Å². The summed E-state index contributed by atoms with van der Waals surface area (Å²) in [7, 11) is 0. The first-order valence-electron chi connectivity index (χ1n) is 4.43. The fourth-order valence-electron chi connectivity index (χ4n) is 1.03. The van der Waals surface area contributed by atoms with Gasteiger partial charge in [-0.2, -0.15) is 0 Å². The Labute approximate surface area is 78.2 Å². The van der Waals surface area contributed by atoms with E-state index in [2.05, 4.69) is 9.97 Å². The van der Waals surface area contributed by atoms with Crippen LogP contribution in [-0.4, -0.2) is 15.1 Å². The lowest BCUT2D eigenvalue weighted by atomic mass is 10.2. The van der Waals surface area contributed by atoms with Crippen molar-refractivity contribution in [3.8, 4) is 0 Å². The van der Waals surface area contributed by atoms with Gasteiger partial charge in [0, 0.05) is 25.2 Å². The first-order valence-corrected chi connectivity index (χ1v) is 4.43. The molecule has 0 saturated carbocycles. The van der Waals surface area contributed by atoms with Gasteiger partial charge in [-0.1, -0.05) is 0 Å². The molecule has 0 amide bonds. The molecule has 0 aliphatic heterocycles. The summed E-state index contributed by atoms with van der Waals surface area (Å²) in [5.74, 6) is 1.28. The molecule has 0 aromatic carbocycles. The van der Waals surface area contributed by atoms with Crippen molar-refractivity contribution in [3.63, 3.8) is 0 Å².